The van der Waals surface area contributed by atoms with Gasteiger partial charge in [0.05, 0.1) is 12.7 Å². The predicted octanol–water partition coefficient (Wildman–Crippen LogP) is 2.08. The van der Waals surface area contributed by atoms with Crippen LogP contribution in [0.4, 0.5) is 4.39 Å². The molecule has 0 spiro atoms. The molecule has 0 amide bonds. The minimum Gasteiger partial charge on any atom is -0.494 e. The number of ether oxygens (including phenoxy) is 2. The number of aliphatic hydroxyl groups is 1. The van der Waals surface area contributed by atoms with Crippen LogP contribution in [-0.4, -0.2) is 25.9 Å². The van der Waals surface area contributed by atoms with Crippen molar-refractivity contribution in [2.45, 2.75) is 18.9 Å². The Kier molecular flexibility index (Phi) is 4.26. The molecule has 1 rings (SSSR count). The van der Waals surface area contributed by atoms with Gasteiger partial charge in [0.25, 0.3) is 0 Å². The maximum atomic E-state index is 13.4. The van der Waals surface area contributed by atoms with Crippen LogP contribution < -0.4 is 4.74 Å². The zero-order valence-corrected chi connectivity index (χ0v) is 9.79. The highest BCUT2D eigenvalue weighted by atomic mass is 19.1. The first-order valence-electron chi connectivity index (χ1n) is 5.06. The molecule has 0 aliphatic rings. The van der Waals surface area contributed by atoms with Crippen molar-refractivity contribution >= 4 is 0 Å². The highest BCUT2D eigenvalue weighted by molar-refractivity contribution is 5.32. The van der Waals surface area contributed by atoms with E-state index in [4.69, 9.17) is 9.47 Å². The van der Waals surface area contributed by atoms with Crippen LogP contribution in [0.1, 0.15) is 18.9 Å². The molecular weight excluding hydrogens is 211 g/mol. The molecule has 1 unspecified atom stereocenters. The van der Waals surface area contributed by atoms with Gasteiger partial charge in [0.15, 0.2) is 11.6 Å². The van der Waals surface area contributed by atoms with Gasteiger partial charge in [-0.25, -0.2) is 4.39 Å². The summed E-state index contributed by atoms with van der Waals surface area (Å²) in [6.07, 6.45) is 0.412. The molecule has 1 atom stereocenters. The van der Waals surface area contributed by atoms with Gasteiger partial charge in [-0.3, -0.25) is 0 Å². The first kappa shape index (κ1) is 12.9. The number of hydrogen-bond donors (Lipinski definition) is 1. The van der Waals surface area contributed by atoms with Gasteiger partial charge < -0.3 is 14.6 Å². The maximum Gasteiger partial charge on any atom is 0.165 e. The van der Waals surface area contributed by atoms with E-state index in [1.807, 2.05) is 0 Å². The van der Waals surface area contributed by atoms with E-state index in [9.17, 15) is 9.50 Å². The van der Waals surface area contributed by atoms with Crippen molar-refractivity contribution in [3.8, 4) is 5.75 Å². The number of methoxy groups -OCH3 is 2. The Bertz CT molecular complexity index is 350. The number of halogens is 1. The van der Waals surface area contributed by atoms with Crippen molar-refractivity contribution in [1.29, 1.82) is 0 Å². The van der Waals surface area contributed by atoms with Crippen LogP contribution in [0.2, 0.25) is 0 Å². The van der Waals surface area contributed by atoms with E-state index in [1.165, 1.54) is 19.2 Å². The quantitative estimate of drug-likeness (QED) is 0.838. The molecule has 0 saturated carbocycles. The molecule has 16 heavy (non-hydrogen) atoms. The van der Waals surface area contributed by atoms with Crippen molar-refractivity contribution in [2.75, 3.05) is 20.8 Å². The van der Waals surface area contributed by atoms with Gasteiger partial charge in [0.1, 0.15) is 0 Å². The molecule has 0 aromatic heterocycles. The van der Waals surface area contributed by atoms with Crippen molar-refractivity contribution in [3.63, 3.8) is 0 Å². The Hall–Kier alpha value is -1.13. The molecular formula is C12H17FO3. The first-order valence-corrected chi connectivity index (χ1v) is 5.06. The molecule has 0 aliphatic heterocycles. The second-order valence-electron chi connectivity index (χ2n) is 3.87. The summed E-state index contributed by atoms with van der Waals surface area (Å²) in [5.74, 6) is -0.302. The molecule has 1 aromatic rings. The summed E-state index contributed by atoms with van der Waals surface area (Å²) in [7, 11) is 2.96. The van der Waals surface area contributed by atoms with E-state index < -0.39 is 11.4 Å². The van der Waals surface area contributed by atoms with Crippen LogP contribution in [-0.2, 0) is 10.3 Å². The second kappa shape index (κ2) is 5.27. The summed E-state index contributed by atoms with van der Waals surface area (Å²) < 4.78 is 23.1. The van der Waals surface area contributed by atoms with E-state index in [2.05, 4.69) is 0 Å². The largest absolute Gasteiger partial charge is 0.494 e. The zero-order valence-electron chi connectivity index (χ0n) is 9.79. The Morgan fingerprint density at radius 3 is 2.56 bits per heavy atom. The lowest BCUT2D eigenvalue weighted by atomic mass is 9.93. The molecule has 1 N–H and O–H groups in total. The molecule has 0 bridgehead atoms. The van der Waals surface area contributed by atoms with Crippen molar-refractivity contribution < 1.29 is 19.0 Å². The Labute approximate surface area is 94.8 Å². The average molecular weight is 228 g/mol. The lowest BCUT2D eigenvalue weighted by molar-refractivity contribution is 0.0207. The number of benzene rings is 1. The highest BCUT2D eigenvalue weighted by Gasteiger charge is 2.23. The van der Waals surface area contributed by atoms with Gasteiger partial charge in [-0.1, -0.05) is 6.07 Å². The summed E-state index contributed by atoms with van der Waals surface area (Å²) >= 11 is 0. The Morgan fingerprint density at radius 2 is 2.06 bits per heavy atom. The van der Waals surface area contributed by atoms with Crippen LogP contribution in [0.15, 0.2) is 18.2 Å². The second-order valence-corrected chi connectivity index (χ2v) is 3.87. The fourth-order valence-corrected chi connectivity index (χ4v) is 1.45. The fourth-order valence-electron chi connectivity index (χ4n) is 1.45. The van der Waals surface area contributed by atoms with E-state index in [0.717, 1.165) is 0 Å². The smallest absolute Gasteiger partial charge is 0.165 e. The Balaban J connectivity index is 2.91. The standard InChI is InChI=1S/C12H17FO3/c1-12(14,6-7-15-2)9-4-5-11(16-3)10(13)8-9/h4-5,8,14H,6-7H2,1-3H3. The van der Waals surface area contributed by atoms with Gasteiger partial charge in [0.2, 0.25) is 0 Å². The van der Waals surface area contributed by atoms with Crippen molar-refractivity contribution in [1.82, 2.24) is 0 Å². The topological polar surface area (TPSA) is 38.7 Å². The van der Waals surface area contributed by atoms with Crippen LogP contribution in [0.5, 0.6) is 5.75 Å². The highest BCUT2D eigenvalue weighted by Crippen LogP contribution is 2.28. The first-order chi connectivity index (χ1) is 7.51. The monoisotopic (exact) mass is 228 g/mol. The normalized spacial score (nSPS) is 14.6. The van der Waals surface area contributed by atoms with Gasteiger partial charge in [-0.2, -0.15) is 0 Å². The molecule has 4 heteroatoms. The Morgan fingerprint density at radius 1 is 1.38 bits per heavy atom. The summed E-state index contributed by atoms with van der Waals surface area (Å²) in [6, 6.07) is 4.44. The van der Waals surface area contributed by atoms with Crippen LogP contribution in [0.25, 0.3) is 0 Å². The minimum atomic E-state index is -1.09. The van der Waals surface area contributed by atoms with Gasteiger partial charge >= 0.3 is 0 Å². The lowest BCUT2D eigenvalue weighted by Crippen LogP contribution is -2.23. The summed E-state index contributed by atoms with van der Waals surface area (Å²) in [5, 5.41) is 10.1. The molecule has 0 fully saturated rings. The van der Waals surface area contributed by atoms with Crippen LogP contribution in [0, 0.1) is 5.82 Å². The number of rotatable bonds is 5. The van der Waals surface area contributed by atoms with Gasteiger partial charge in [-0.05, 0) is 24.6 Å². The third-order valence-corrected chi connectivity index (χ3v) is 2.57. The van der Waals surface area contributed by atoms with Crippen LogP contribution >= 0.6 is 0 Å². The SMILES string of the molecule is COCCC(C)(O)c1ccc(OC)c(F)c1. The molecule has 3 nitrogen and oxygen atoms in total. The summed E-state index contributed by atoms with van der Waals surface area (Å²) in [5.41, 5.74) is -0.578. The van der Waals surface area contributed by atoms with E-state index in [0.29, 0.717) is 18.6 Å². The molecule has 0 radical (unpaired) electrons. The summed E-state index contributed by atoms with van der Waals surface area (Å²) in [6.45, 7) is 2.05. The number of hydrogen-bond acceptors (Lipinski definition) is 3. The van der Waals surface area contributed by atoms with Crippen molar-refractivity contribution in [2.24, 2.45) is 0 Å². The molecule has 0 aliphatic carbocycles. The van der Waals surface area contributed by atoms with E-state index >= 15 is 0 Å². The average Bonchev–Trinajstić information content (AvgIpc) is 2.26. The van der Waals surface area contributed by atoms with Crippen LogP contribution in [0.3, 0.4) is 0 Å². The van der Waals surface area contributed by atoms with E-state index in [-0.39, 0.29) is 5.75 Å². The van der Waals surface area contributed by atoms with Crippen molar-refractivity contribution in [3.05, 3.63) is 29.6 Å². The minimum absolute atomic E-state index is 0.172. The van der Waals surface area contributed by atoms with Gasteiger partial charge in [0, 0.05) is 20.1 Å². The molecule has 0 heterocycles. The molecule has 90 valence electrons. The molecule has 1 aromatic carbocycles. The molecule has 0 saturated heterocycles. The summed E-state index contributed by atoms with van der Waals surface area (Å²) in [4.78, 5) is 0. The fraction of sp³-hybridized carbons (Fsp3) is 0.500. The maximum absolute atomic E-state index is 13.4. The van der Waals surface area contributed by atoms with Gasteiger partial charge in [-0.15, -0.1) is 0 Å². The third-order valence-electron chi connectivity index (χ3n) is 2.57. The lowest BCUT2D eigenvalue weighted by Gasteiger charge is -2.23. The predicted molar refractivity (Wildman–Crippen MR) is 59.0 cm³/mol. The third kappa shape index (κ3) is 2.93. The van der Waals surface area contributed by atoms with E-state index in [1.54, 1.807) is 20.1 Å². The zero-order chi connectivity index (χ0) is 12.2.